The Balaban J connectivity index is 2.65. The van der Waals surface area contributed by atoms with E-state index in [1.54, 1.807) is 11.3 Å². The first-order valence-electron chi connectivity index (χ1n) is 5.38. The molecule has 4 heteroatoms. The van der Waals surface area contributed by atoms with Crippen molar-refractivity contribution in [3.05, 3.63) is 10.0 Å². The van der Waals surface area contributed by atoms with Crippen LogP contribution >= 0.6 is 11.3 Å². The van der Waals surface area contributed by atoms with Gasteiger partial charge in [-0.3, -0.25) is 0 Å². The second kappa shape index (κ2) is 4.58. The minimum atomic E-state index is 0.00110. The van der Waals surface area contributed by atoms with E-state index in [-0.39, 0.29) is 6.04 Å². The van der Waals surface area contributed by atoms with Crippen LogP contribution in [-0.2, 0) is 6.42 Å². The van der Waals surface area contributed by atoms with E-state index in [4.69, 9.17) is 5.73 Å². The Labute approximate surface area is 96.1 Å². The van der Waals surface area contributed by atoms with Crippen LogP contribution in [0.4, 0.5) is 0 Å². The average molecular weight is 227 g/mol. The molecule has 0 saturated carbocycles. The van der Waals surface area contributed by atoms with E-state index in [1.165, 1.54) is 0 Å². The van der Waals surface area contributed by atoms with Crippen molar-refractivity contribution in [1.82, 2.24) is 10.2 Å². The van der Waals surface area contributed by atoms with Crippen molar-refractivity contribution in [1.29, 1.82) is 0 Å². The van der Waals surface area contributed by atoms with Crippen LogP contribution in [0.25, 0.3) is 0 Å². The molecule has 0 amide bonds. The number of aromatic nitrogens is 2. The zero-order chi connectivity index (χ0) is 11.6. The fraction of sp³-hybridized carbons (Fsp3) is 0.818. The Morgan fingerprint density at radius 3 is 2.27 bits per heavy atom. The van der Waals surface area contributed by atoms with Gasteiger partial charge in [0.05, 0.1) is 6.04 Å². The Bertz CT molecular complexity index is 312. The molecule has 0 spiro atoms. The van der Waals surface area contributed by atoms with E-state index in [9.17, 15) is 0 Å². The summed E-state index contributed by atoms with van der Waals surface area (Å²) in [4.78, 5) is 0. The van der Waals surface area contributed by atoms with E-state index in [1.807, 2.05) is 6.92 Å². The van der Waals surface area contributed by atoms with Gasteiger partial charge in [0, 0.05) is 6.42 Å². The van der Waals surface area contributed by atoms with Crippen LogP contribution in [0.1, 0.15) is 50.7 Å². The molecule has 2 atom stereocenters. The Morgan fingerprint density at radius 2 is 1.87 bits per heavy atom. The summed E-state index contributed by atoms with van der Waals surface area (Å²) in [5, 5.41) is 10.3. The van der Waals surface area contributed by atoms with Gasteiger partial charge in [0.15, 0.2) is 0 Å². The average Bonchev–Trinajstić information content (AvgIpc) is 2.50. The van der Waals surface area contributed by atoms with Crippen LogP contribution in [0.2, 0.25) is 0 Å². The molecule has 1 rings (SSSR count). The van der Waals surface area contributed by atoms with Gasteiger partial charge in [-0.2, -0.15) is 0 Å². The molecule has 1 heterocycles. The predicted octanol–water partition coefficient (Wildman–Crippen LogP) is 2.78. The lowest BCUT2D eigenvalue weighted by molar-refractivity contribution is 0.259. The van der Waals surface area contributed by atoms with E-state index >= 15 is 0 Å². The molecular formula is C11H21N3S. The van der Waals surface area contributed by atoms with Crippen molar-refractivity contribution >= 4 is 11.3 Å². The quantitative estimate of drug-likeness (QED) is 0.864. The highest BCUT2D eigenvalue weighted by molar-refractivity contribution is 7.11. The smallest absolute Gasteiger partial charge is 0.133 e. The van der Waals surface area contributed by atoms with Crippen LogP contribution in [0.3, 0.4) is 0 Å². The SMILES string of the molecule is CC(N)c1nnc(CC(C)C(C)(C)C)s1. The lowest BCUT2D eigenvalue weighted by Gasteiger charge is -2.26. The minimum absolute atomic E-state index is 0.00110. The van der Waals surface area contributed by atoms with Gasteiger partial charge in [0.2, 0.25) is 0 Å². The maximum atomic E-state index is 5.75. The van der Waals surface area contributed by atoms with E-state index in [0.717, 1.165) is 16.4 Å². The van der Waals surface area contributed by atoms with Crippen LogP contribution < -0.4 is 5.73 Å². The largest absolute Gasteiger partial charge is 0.322 e. The van der Waals surface area contributed by atoms with Crippen molar-refractivity contribution < 1.29 is 0 Å². The molecule has 1 aromatic rings. The van der Waals surface area contributed by atoms with Gasteiger partial charge in [0.1, 0.15) is 10.0 Å². The minimum Gasteiger partial charge on any atom is -0.322 e. The van der Waals surface area contributed by atoms with Gasteiger partial charge in [-0.15, -0.1) is 10.2 Å². The van der Waals surface area contributed by atoms with Crippen LogP contribution in [0, 0.1) is 11.3 Å². The fourth-order valence-electron chi connectivity index (χ4n) is 1.10. The van der Waals surface area contributed by atoms with Gasteiger partial charge in [-0.25, -0.2) is 0 Å². The molecule has 86 valence electrons. The number of hydrogen-bond acceptors (Lipinski definition) is 4. The number of nitrogens with two attached hydrogens (primary N) is 1. The zero-order valence-corrected chi connectivity index (χ0v) is 11.1. The second-order valence-corrected chi connectivity index (χ2v) is 6.39. The van der Waals surface area contributed by atoms with Gasteiger partial charge >= 0.3 is 0 Å². The van der Waals surface area contributed by atoms with Crippen LogP contribution in [0.5, 0.6) is 0 Å². The van der Waals surface area contributed by atoms with E-state index in [2.05, 4.69) is 37.9 Å². The van der Waals surface area contributed by atoms with Crippen molar-refractivity contribution in [2.75, 3.05) is 0 Å². The molecule has 0 radical (unpaired) electrons. The summed E-state index contributed by atoms with van der Waals surface area (Å²) in [6.45, 7) is 11.0. The molecule has 0 aliphatic heterocycles. The summed E-state index contributed by atoms with van der Waals surface area (Å²) in [6.07, 6.45) is 0.994. The normalized spacial score (nSPS) is 16.4. The molecule has 0 bridgehead atoms. The zero-order valence-electron chi connectivity index (χ0n) is 10.2. The summed E-state index contributed by atoms with van der Waals surface area (Å²) in [5.74, 6) is 0.603. The summed E-state index contributed by atoms with van der Waals surface area (Å²) in [6, 6.07) is 0.00110. The molecule has 1 aromatic heterocycles. The molecule has 2 unspecified atom stereocenters. The summed E-state index contributed by atoms with van der Waals surface area (Å²) in [7, 11) is 0. The summed E-state index contributed by atoms with van der Waals surface area (Å²) < 4.78 is 0. The first-order valence-corrected chi connectivity index (χ1v) is 6.20. The van der Waals surface area contributed by atoms with Gasteiger partial charge in [-0.05, 0) is 18.3 Å². The summed E-state index contributed by atoms with van der Waals surface area (Å²) in [5.41, 5.74) is 6.07. The molecule has 0 saturated heterocycles. The van der Waals surface area contributed by atoms with Gasteiger partial charge in [0.25, 0.3) is 0 Å². The molecule has 0 aliphatic carbocycles. The molecule has 2 N–H and O–H groups in total. The van der Waals surface area contributed by atoms with E-state index < -0.39 is 0 Å². The van der Waals surface area contributed by atoms with E-state index in [0.29, 0.717) is 11.3 Å². The number of nitrogens with zero attached hydrogens (tertiary/aromatic N) is 2. The highest BCUT2D eigenvalue weighted by atomic mass is 32.1. The Kier molecular flexibility index (Phi) is 3.84. The van der Waals surface area contributed by atoms with Gasteiger partial charge < -0.3 is 5.73 Å². The topological polar surface area (TPSA) is 51.8 Å². The third kappa shape index (κ3) is 3.54. The van der Waals surface area contributed by atoms with Crippen molar-refractivity contribution in [3.63, 3.8) is 0 Å². The van der Waals surface area contributed by atoms with Crippen LogP contribution in [-0.4, -0.2) is 10.2 Å². The molecular weight excluding hydrogens is 206 g/mol. The van der Waals surface area contributed by atoms with Crippen LogP contribution in [0.15, 0.2) is 0 Å². The van der Waals surface area contributed by atoms with Gasteiger partial charge in [-0.1, -0.05) is 39.0 Å². The summed E-state index contributed by atoms with van der Waals surface area (Å²) >= 11 is 1.64. The number of hydrogen-bond donors (Lipinski definition) is 1. The first-order chi connectivity index (χ1) is 6.80. The third-order valence-corrected chi connectivity index (χ3v) is 3.98. The maximum absolute atomic E-state index is 5.75. The Hall–Kier alpha value is -0.480. The Morgan fingerprint density at radius 1 is 1.27 bits per heavy atom. The number of rotatable bonds is 3. The second-order valence-electron chi connectivity index (χ2n) is 5.29. The molecule has 0 aliphatic rings. The molecule has 3 nitrogen and oxygen atoms in total. The molecule has 15 heavy (non-hydrogen) atoms. The van der Waals surface area contributed by atoms with Crippen molar-refractivity contribution in [2.45, 2.75) is 47.1 Å². The van der Waals surface area contributed by atoms with Crippen molar-refractivity contribution in [2.24, 2.45) is 17.1 Å². The third-order valence-electron chi connectivity index (χ3n) is 2.83. The monoisotopic (exact) mass is 227 g/mol. The fourth-order valence-corrected chi connectivity index (χ4v) is 2.03. The van der Waals surface area contributed by atoms with Crippen molar-refractivity contribution in [3.8, 4) is 0 Å². The first kappa shape index (κ1) is 12.6. The molecule has 0 fully saturated rings. The lowest BCUT2D eigenvalue weighted by Crippen LogP contribution is -2.19. The molecule has 0 aromatic carbocycles. The highest BCUT2D eigenvalue weighted by Crippen LogP contribution is 2.29. The predicted molar refractivity (Wildman–Crippen MR) is 64.8 cm³/mol. The highest BCUT2D eigenvalue weighted by Gasteiger charge is 2.22. The maximum Gasteiger partial charge on any atom is 0.133 e. The standard InChI is InChI=1S/C11H21N3S/c1-7(11(3,4)5)6-9-13-14-10(15-9)8(2)12/h7-8H,6,12H2,1-5H3. The lowest BCUT2D eigenvalue weighted by atomic mass is 9.80.